The number of halogens is 8. The molecule has 1 aromatic rings. The Balaban J connectivity index is 0. The molecule has 142 valence electrons. The quantitative estimate of drug-likeness (QED) is 0.123. The molecule has 0 aliphatic heterocycles. The van der Waals surface area contributed by atoms with E-state index in [9.17, 15) is 26.3 Å². The third-order valence-electron chi connectivity index (χ3n) is 1.39. The molecule has 0 aliphatic rings. The Morgan fingerprint density at radius 2 is 0.792 bits per heavy atom. The Morgan fingerprint density at radius 1 is 0.667 bits per heavy atom. The van der Waals surface area contributed by atoms with Gasteiger partial charge < -0.3 is 9.11 Å². The van der Waals surface area contributed by atoms with E-state index in [0.29, 0.717) is 0 Å². The highest BCUT2D eigenvalue weighted by molar-refractivity contribution is 7.86. The van der Waals surface area contributed by atoms with Crippen LogP contribution in [0.25, 0.3) is 0 Å². The molecule has 16 heteroatoms. The molecule has 6 nitrogen and oxygen atoms in total. The van der Waals surface area contributed by atoms with E-state index in [1.807, 2.05) is 45.2 Å². The lowest BCUT2D eigenvalue weighted by Crippen LogP contribution is -3.35. The van der Waals surface area contributed by atoms with Gasteiger partial charge >= 0.3 is 11.0 Å². The van der Waals surface area contributed by atoms with Crippen LogP contribution in [0.3, 0.4) is 0 Å². The molecule has 1 aromatic carbocycles. The van der Waals surface area contributed by atoms with Crippen molar-refractivity contribution in [2.24, 2.45) is 0 Å². The monoisotopic (exact) mass is 630 g/mol. The molecular formula is C8H6F6I2O6S2. The fourth-order valence-electron chi connectivity index (χ4n) is 0.440. The van der Waals surface area contributed by atoms with Crippen LogP contribution in [0.4, 0.5) is 26.3 Å². The van der Waals surface area contributed by atoms with Gasteiger partial charge in [-0.25, -0.2) is 16.8 Å². The fourth-order valence-corrected chi connectivity index (χ4v) is 1.22. The van der Waals surface area contributed by atoms with Gasteiger partial charge in [-0.05, 0) is 24.3 Å². The van der Waals surface area contributed by atoms with Gasteiger partial charge in [0, 0.05) is 0 Å². The second-order valence-corrected chi connectivity index (χ2v) is 8.70. The summed E-state index contributed by atoms with van der Waals surface area (Å²) in [5.41, 5.74) is -11.3. The Morgan fingerprint density at radius 3 is 0.875 bits per heavy atom. The predicted molar refractivity (Wildman–Crippen MR) is 58.1 cm³/mol. The highest BCUT2D eigenvalue weighted by atomic mass is 127. The molecule has 0 unspecified atom stereocenters. The molecule has 0 fully saturated rings. The number of benzene rings is 1. The molecule has 0 radical (unpaired) electrons. The van der Waals surface area contributed by atoms with E-state index in [1.165, 1.54) is 7.14 Å². The van der Waals surface area contributed by atoms with Crippen LogP contribution < -0.4 is 45.2 Å². The van der Waals surface area contributed by atoms with Crippen LogP contribution in [0.15, 0.2) is 24.3 Å². The smallest absolute Gasteiger partial charge is 0.485 e. The topological polar surface area (TPSA) is 114 Å². The fraction of sp³-hybridized carbons (Fsp3) is 0.250. The first-order valence-electron chi connectivity index (χ1n) is 4.77. The molecule has 0 N–H and O–H groups in total. The van der Waals surface area contributed by atoms with Crippen molar-refractivity contribution in [3.05, 3.63) is 31.4 Å². The normalized spacial score (nSPS) is 12.4. The average molecular weight is 630 g/mol. The summed E-state index contributed by atoms with van der Waals surface area (Å²) in [6.45, 7) is 0. The van der Waals surface area contributed by atoms with E-state index in [0.717, 1.165) is 0 Å². The number of rotatable bonds is 0. The first-order valence-corrected chi connectivity index (χ1v) is 9.92. The zero-order valence-electron chi connectivity index (χ0n) is 10.7. The summed E-state index contributed by atoms with van der Waals surface area (Å²) >= 11 is 4.06. The summed E-state index contributed by atoms with van der Waals surface area (Å²) in [7, 11) is -12.2. The van der Waals surface area contributed by atoms with Crippen molar-refractivity contribution in [3.63, 3.8) is 0 Å². The number of hydrogen-bond donors (Lipinski definition) is 0. The Labute approximate surface area is 159 Å². The van der Waals surface area contributed by atoms with E-state index >= 15 is 0 Å². The summed E-state index contributed by atoms with van der Waals surface area (Å²) in [5, 5.41) is 0. The Kier molecular flexibility index (Phi) is 10.6. The second-order valence-electron chi connectivity index (χ2n) is 3.27. The average Bonchev–Trinajstić information content (AvgIpc) is 2.29. The molecule has 0 bridgehead atoms. The molecule has 0 atom stereocenters. The highest BCUT2D eigenvalue weighted by Crippen LogP contribution is 2.21. The lowest BCUT2D eigenvalue weighted by Gasteiger charge is -2.08. The maximum absolute atomic E-state index is 10.7. The molecule has 0 heterocycles. The Bertz CT molecular complexity index is 648. The van der Waals surface area contributed by atoms with Crippen LogP contribution in [0.1, 0.15) is 0 Å². The van der Waals surface area contributed by atoms with E-state index in [4.69, 9.17) is 25.9 Å². The molecule has 0 saturated heterocycles. The standard InChI is InChI=1S/C6H6I2.2CHF3O3S/c7-5-1-2-6(8)4-3-5;2*2-1(3,4)8(5,6)7/h1-4,7-8H;2*(H,5,6,7)/q+2;;/p-2. The van der Waals surface area contributed by atoms with Crippen molar-refractivity contribution >= 4 is 20.2 Å². The molecule has 0 amide bonds. The summed E-state index contributed by atoms with van der Waals surface area (Å²) in [4.78, 5) is 0. The van der Waals surface area contributed by atoms with Gasteiger partial charge in [-0.2, -0.15) is 26.3 Å². The van der Waals surface area contributed by atoms with Crippen LogP contribution in [0, 0.1) is 7.14 Å². The highest BCUT2D eigenvalue weighted by Gasteiger charge is 2.37. The first-order chi connectivity index (χ1) is 10.3. The molecule has 0 saturated carbocycles. The molecular weight excluding hydrogens is 624 g/mol. The van der Waals surface area contributed by atoms with Gasteiger partial charge in [0.25, 0.3) is 45.2 Å². The summed E-state index contributed by atoms with van der Waals surface area (Å²) in [5.74, 6) is 0. The third kappa shape index (κ3) is 12.4. The van der Waals surface area contributed by atoms with E-state index in [2.05, 4.69) is 24.3 Å². The van der Waals surface area contributed by atoms with E-state index < -0.39 is 31.3 Å². The summed E-state index contributed by atoms with van der Waals surface area (Å²) < 4.78 is 120. The molecule has 24 heavy (non-hydrogen) atoms. The molecule has 0 spiro atoms. The molecule has 0 aliphatic carbocycles. The van der Waals surface area contributed by atoms with Gasteiger partial charge in [0.05, 0.1) is 0 Å². The number of hydrogen-bond acceptors (Lipinski definition) is 6. The minimum absolute atomic E-state index is 1.34. The lowest BCUT2D eigenvalue weighted by molar-refractivity contribution is -0.336. The molecule has 1 rings (SSSR count). The minimum Gasteiger partial charge on any atom is -0.741 e. The predicted octanol–water partition coefficient (Wildman–Crippen LogP) is -5.30. The maximum Gasteiger partial charge on any atom is 0.485 e. The first kappa shape index (κ1) is 26.3. The van der Waals surface area contributed by atoms with Gasteiger partial charge in [0.1, 0.15) is 0 Å². The molecule has 0 aromatic heterocycles. The zero-order valence-corrected chi connectivity index (χ0v) is 17.0. The largest absolute Gasteiger partial charge is 0.741 e. The van der Waals surface area contributed by atoms with E-state index in [1.54, 1.807) is 0 Å². The van der Waals surface area contributed by atoms with Crippen molar-refractivity contribution in [3.8, 4) is 0 Å². The van der Waals surface area contributed by atoms with E-state index in [-0.39, 0.29) is 0 Å². The van der Waals surface area contributed by atoms with Crippen molar-refractivity contribution < 1.29 is 97.5 Å². The minimum atomic E-state index is -6.09. The van der Waals surface area contributed by atoms with Crippen LogP contribution in [-0.4, -0.2) is 37.0 Å². The van der Waals surface area contributed by atoms with Crippen LogP contribution in [0.5, 0.6) is 0 Å². The van der Waals surface area contributed by atoms with Gasteiger partial charge in [0.2, 0.25) is 0 Å². The van der Waals surface area contributed by atoms with Crippen LogP contribution in [0.2, 0.25) is 0 Å². The SMILES string of the molecule is O=S(=O)([O-])C(F)(F)F.O=S(=O)([O-])C(F)(F)F.[IH+]c1ccc([IH+])cc1. The Hall–Kier alpha value is 0.0800. The van der Waals surface area contributed by atoms with Crippen molar-refractivity contribution in [1.82, 2.24) is 0 Å². The zero-order chi connectivity index (χ0) is 20.0. The van der Waals surface area contributed by atoms with Crippen LogP contribution >= 0.6 is 0 Å². The summed E-state index contributed by atoms with van der Waals surface area (Å²) in [6.07, 6.45) is 0. The number of alkyl halides is 6. The second kappa shape index (κ2) is 9.69. The van der Waals surface area contributed by atoms with Crippen LogP contribution in [-0.2, 0) is 20.2 Å². The van der Waals surface area contributed by atoms with Gasteiger partial charge in [-0.1, -0.05) is 0 Å². The van der Waals surface area contributed by atoms with Gasteiger partial charge in [-0.15, -0.1) is 0 Å². The van der Waals surface area contributed by atoms with Gasteiger partial charge in [0.15, 0.2) is 27.4 Å². The van der Waals surface area contributed by atoms with Crippen molar-refractivity contribution in [2.45, 2.75) is 11.0 Å². The third-order valence-corrected chi connectivity index (χ3v) is 4.08. The lowest BCUT2D eigenvalue weighted by atomic mass is 10.4. The van der Waals surface area contributed by atoms with Crippen molar-refractivity contribution in [1.29, 1.82) is 0 Å². The van der Waals surface area contributed by atoms with Crippen molar-refractivity contribution in [2.75, 3.05) is 0 Å². The van der Waals surface area contributed by atoms with Gasteiger partial charge in [-0.3, -0.25) is 0 Å². The summed E-state index contributed by atoms with van der Waals surface area (Å²) in [6, 6.07) is 8.51. The maximum atomic E-state index is 10.7.